The molecule has 4 rings (SSSR count). The fourth-order valence-electron chi connectivity index (χ4n) is 3.94. The number of carbonyl (C=O) groups is 3. The largest absolute Gasteiger partial charge is 0.339 e. The van der Waals surface area contributed by atoms with Crippen molar-refractivity contribution in [1.29, 1.82) is 0 Å². The molecule has 3 amide bonds. The highest BCUT2D eigenvalue weighted by Crippen LogP contribution is 2.24. The van der Waals surface area contributed by atoms with Crippen LogP contribution in [0.25, 0.3) is 0 Å². The van der Waals surface area contributed by atoms with E-state index in [4.69, 9.17) is 0 Å². The first kappa shape index (κ1) is 19.3. The predicted molar refractivity (Wildman–Crippen MR) is 110 cm³/mol. The molecule has 0 spiro atoms. The Morgan fingerprint density at radius 3 is 2.31 bits per heavy atom. The molecule has 1 saturated heterocycles. The van der Waals surface area contributed by atoms with Gasteiger partial charge in [0.2, 0.25) is 5.91 Å². The van der Waals surface area contributed by atoms with E-state index in [1.807, 2.05) is 31.2 Å². The molecule has 2 aliphatic heterocycles. The van der Waals surface area contributed by atoms with Crippen LogP contribution in [-0.2, 0) is 11.2 Å². The molecule has 2 aliphatic rings. The van der Waals surface area contributed by atoms with E-state index < -0.39 is 0 Å². The molecular weight excluding hydrogens is 366 g/mol. The van der Waals surface area contributed by atoms with Gasteiger partial charge in [0.1, 0.15) is 6.54 Å². The van der Waals surface area contributed by atoms with E-state index in [-0.39, 0.29) is 24.3 Å². The van der Waals surface area contributed by atoms with Crippen molar-refractivity contribution in [3.8, 4) is 0 Å². The van der Waals surface area contributed by atoms with E-state index >= 15 is 0 Å². The first-order valence-corrected chi connectivity index (χ1v) is 10.0. The number of hydrogen-bond acceptors (Lipinski definition) is 4. The zero-order valence-electron chi connectivity index (χ0n) is 16.6. The minimum absolute atomic E-state index is 0.168. The van der Waals surface area contributed by atoms with Gasteiger partial charge >= 0.3 is 0 Å². The monoisotopic (exact) mass is 391 g/mol. The summed E-state index contributed by atoms with van der Waals surface area (Å²) in [6, 6.07) is 15.6. The van der Waals surface area contributed by atoms with Crippen molar-refractivity contribution in [2.45, 2.75) is 13.3 Å². The third-order valence-electron chi connectivity index (χ3n) is 5.70. The van der Waals surface area contributed by atoms with Crippen molar-refractivity contribution in [3.05, 3.63) is 70.8 Å². The fraction of sp³-hybridized carbons (Fsp3) is 0.348. The van der Waals surface area contributed by atoms with E-state index in [2.05, 4.69) is 17.0 Å². The minimum Gasteiger partial charge on any atom is -0.339 e. The SMILES string of the molecule is Cc1ccc2c(c1)C(=O)N(CC(=O)N1CCN(CCc3ccccc3)CC1)C2=O. The molecule has 150 valence electrons. The van der Waals surface area contributed by atoms with Gasteiger partial charge in [-0.2, -0.15) is 0 Å². The lowest BCUT2D eigenvalue weighted by Crippen LogP contribution is -2.52. The molecule has 0 radical (unpaired) electrons. The Morgan fingerprint density at radius 2 is 1.59 bits per heavy atom. The molecule has 1 fully saturated rings. The van der Waals surface area contributed by atoms with Crippen LogP contribution in [0.2, 0.25) is 0 Å². The van der Waals surface area contributed by atoms with E-state index in [9.17, 15) is 14.4 Å². The zero-order valence-corrected chi connectivity index (χ0v) is 16.6. The Hall–Kier alpha value is -2.99. The van der Waals surface area contributed by atoms with E-state index in [0.29, 0.717) is 24.2 Å². The normalized spacial score (nSPS) is 17.0. The number of carbonyl (C=O) groups excluding carboxylic acids is 3. The maximum atomic E-state index is 12.7. The van der Waals surface area contributed by atoms with Gasteiger partial charge in [-0.25, -0.2) is 0 Å². The van der Waals surface area contributed by atoms with Gasteiger partial charge in [-0.1, -0.05) is 42.0 Å². The number of piperazine rings is 1. The molecule has 6 heteroatoms. The van der Waals surface area contributed by atoms with Crippen molar-refractivity contribution in [2.75, 3.05) is 39.3 Å². The van der Waals surface area contributed by atoms with Gasteiger partial charge in [0.25, 0.3) is 11.8 Å². The van der Waals surface area contributed by atoms with E-state index in [1.54, 1.807) is 17.0 Å². The number of benzene rings is 2. The number of aryl methyl sites for hydroxylation is 1. The highest BCUT2D eigenvalue weighted by Gasteiger charge is 2.37. The standard InChI is InChI=1S/C23H25N3O3/c1-17-7-8-19-20(15-17)23(29)26(22(19)28)16-21(27)25-13-11-24(12-14-25)10-9-18-5-3-2-4-6-18/h2-8,15H,9-14,16H2,1H3. The number of imide groups is 1. The summed E-state index contributed by atoms with van der Waals surface area (Å²) < 4.78 is 0. The number of nitrogens with zero attached hydrogens (tertiary/aromatic N) is 3. The lowest BCUT2D eigenvalue weighted by molar-refractivity contribution is -0.133. The fourth-order valence-corrected chi connectivity index (χ4v) is 3.94. The summed E-state index contributed by atoms with van der Waals surface area (Å²) in [6.45, 7) is 5.51. The summed E-state index contributed by atoms with van der Waals surface area (Å²) in [5.41, 5.74) is 3.02. The molecule has 29 heavy (non-hydrogen) atoms. The number of amides is 3. The van der Waals surface area contributed by atoms with Gasteiger partial charge in [-0.05, 0) is 31.0 Å². The first-order valence-electron chi connectivity index (χ1n) is 10.0. The number of hydrogen-bond donors (Lipinski definition) is 0. The van der Waals surface area contributed by atoms with Crippen molar-refractivity contribution >= 4 is 17.7 Å². The Kier molecular flexibility index (Phi) is 5.45. The van der Waals surface area contributed by atoms with Crippen LogP contribution in [0, 0.1) is 6.92 Å². The predicted octanol–water partition coefficient (Wildman–Crippen LogP) is 1.98. The second-order valence-electron chi connectivity index (χ2n) is 7.70. The van der Waals surface area contributed by atoms with Gasteiger partial charge in [0.15, 0.2) is 0 Å². The first-order chi connectivity index (χ1) is 14.0. The third-order valence-corrected chi connectivity index (χ3v) is 5.70. The number of rotatable bonds is 5. The van der Waals surface area contributed by atoms with Crippen LogP contribution in [0.15, 0.2) is 48.5 Å². The van der Waals surface area contributed by atoms with E-state index in [1.165, 1.54) is 5.56 Å². The highest BCUT2D eigenvalue weighted by molar-refractivity contribution is 6.22. The Balaban J connectivity index is 1.29. The van der Waals surface area contributed by atoms with Gasteiger partial charge in [-0.3, -0.25) is 24.2 Å². The topological polar surface area (TPSA) is 60.9 Å². The lowest BCUT2D eigenvalue weighted by Gasteiger charge is -2.35. The molecule has 0 aromatic heterocycles. The van der Waals surface area contributed by atoms with Gasteiger partial charge in [0, 0.05) is 32.7 Å². The van der Waals surface area contributed by atoms with Crippen molar-refractivity contribution in [2.24, 2.45) is 0 Å². The van der Waals surface area contributed by atoms with Crippen LogP contribution in [0.5, 0.6) is 0 Å². The van der Waals surface area contributed by atoms with E-state index in [0.717, 1.165) is 36.5 Å². The van der Waals surface area contributed by atoms with Crippen LogP contribution in [-0.4, -0.2) is 71.7 Å². The summed E-state index contributed by atoms with van der Waals surface area (Å²) in [5, 5.41) is 0. The lowest BCUT2D eigenvalue weighted by atomic mass is 10.1. The molecular formula is C23H25N3O3. The Morgan fingerprint density at radius 1 is 0.897 bits per heavy atom. The molecule has 0 aliphatic carbocycles. The maximum Gasteiger partial charge on any atom is 0.262 e. The summed E-state index contributed by atoms with van der Waals surface area (Å²) in [7, 11) is 0. The quantitative estimate of drug-likeness (QED) is 0.732. The average molecular weight is 391 g/mol. The molecule has 6 nitrogen and oxygen atoms in total. The summed E-state index contributed by atoms with van der Waals surface area (Å²) in [5.74, 6) is -0.915. The molecule has 0 saturated carbocycles. The van der Waals surface area contributed by atoms with Crippen molar-refractivity contribution in [3.63, 3.8) is 0 Å². The number of fused-ring (bicyclic) bond motifs is 1. The zero-order chi connectivity index (χ0) is 20.4. The third kappa shape index (κ3) is 4.07. The molecule has 2 aromatic carbocycles. The van der Waals surface area contributed by atoms with Gasteiger partial charge < -0.3 is 4.90 Å². The maximum absolute atomic E-state index is 12.7. The van der Waals surface area contributed by atoms with Gasteiger partial charge in [0.05, 0.1) is 11.1 Å². The second-order valence-corrected chi connectivity index (χ2v) is 7.70. The average Bonchev–Trinajstić information content (AvgIpc) is 2.97. The molecule has 2 aromatic rings. The minimum atomic E-state index is -0.375. The van der Waals surface area contributed by atoms with Crippen LogP contribution < -0.4 is 0 Å². The van der Waals surface area contributed by atoms with Crippen LogP contribution in [0.1, 0.15) is 31.8 Å². The molecule has 0 atom stereocenters. The Bertz CT molecular complexity index is 934. The molecule has 0 unspecified atom stereocenters. The van der Waals surface area contributed by atoms with Crippen LogP contribution in [0.4, 0.5) is 0 Å². The van der Waals surface area contributed by atoms with Crippen molar-refractivity contribution in [1.82, 2.24) is 14.7 Å². The summed E-state index contributed by atoms with van der Waals surface area (Å²) in [4.78, 5) is 43.0. The molecule has 2 heterocycles. The summed E-state index contributed by atoms with van der Waals surface area (Å²) in [6.07, 6.45) is 0.989. The second kappa shape index (κ2) is 8.17. The Labute approximate surface area is 170 Å². The van der Waals surface area contributed by atoms with Crippen LogP contribution >= 0.6 is 0 Å². The van der Waals surface area contributed by atoms with Crippen LogP contribution in [0.3, 0.4) is 0 Å². The van der Waals surface area contributed by atoms with Crippen molar-refractivity contribution < 1.29 is 14.4 Å². The molecule has 0 bridgehead atoms. The molecule has 0 N–H and O–H groups in total. The highest BCUT2D eigenvalue weighted by atomic mass is 16.2. The van der Waals surface area contributed by atoms with Gasteiger partial charge in [-0.15, -0.1) is 0 Å². The smallest absolute Gasteiger partial charge is 0.262 e. The summed E-state index contributed by atoms with van der Waals surface area (Å²) >= 11 is 0.